The molecular weight excluding hydrogens is 206 g/mol. The van der Waals surface area contributed by atoms with Crippen molar-refractivity contribution < 1.29 is 14.6 Å². The predicted molar refractivity (Wildman–Crippen MR) is 61.6 cm³/mol. The molecule has 4 heteroatoms. The van der Waals surface area contributed by atoms with Gasteiger partial charge in [-0.05, 0) is 24.6 Å². The number of phenolic OH excluding ortho intramolecular Hbond substituents is 1. The van der Waals surface area contributed by atoms with E-state index >= 15 is 0 Å². The van der Waals surface area contributed by atoms with E-state index in [0.29, 0.717) is 18.8 Å². The first-order valence-electron chi connectivity index (χ1n) is 5.12. The molecular formula is C12H17NO3. The molecule has 0 radical (unpaired) electrons. The molecule has 0 fully saturated rings. The number of carbonyl (C=O) groups is 1. The molecule has 4 nitrogen and oxygen atoms in total. The standard InChI is InChI=1S/C12H17NO3/c1-9-6-10(14)8-11(7-9)16-5-4-12(15)13(2)3/h6-8,14H,4-5H2,1-3H3. The second-order valence-corrected chi connectivity index (χ2v) is 3.89. The van der Waals surface area contributed by atoms with E-state index in [2.05, 4.69) is 0 Å². The van der Waals surface area contributed by atoms with Crippen LogP contribution in [0.25, 0.3) is 0 Å². The van der Waals surface area contributed by atoms with Crippen molar-refractivity contribution in [2.75, 3.05) is 20.7 Å². The maximum atomic E-state index is 11.3. The highest BCUT2D eigenvalue weighted by atomic mass is 16.5. The molecule has 1 rings (SSSR count). The maximum absolute atomic E-state index is 11.3. The largest absolute Gasteiger partial charge is 0.508 e. The van der Waals surface area contributed by atoms with E-state index in [0.717, 1.165) is 5.56 Å². The topological polar surface area (TPSA) is 49.8 Å². The minimum atomic E-state index is 0.0249. The Morgan fingerprint density at radius 2 is 2.06 bits per heavy atom. The molecule has 0 unspecified atom stereocenters. The van der Waals surface area contributed by atoms with Crippen LogP contribution in [0.4, 0.5) is 0 Å². The highest BCUT2D eigenvalue weighted by molar-refractivity contribution is 5.75. The van der Waals surface area contributed by atoms with Gasteiger partial charge in [0.25, 0.3) is 0 Å². The van der Waals surface area contributed by atoms with Crippen LogP contribution in [0, 0.1) is 6.92 Å². The summed E-state index contributed by atoms with van der Waals surface area (Å²) >= 11 is 0. The minimum absolute atomic E-state index is 0.0249. The molecule has 0 saturated carbocycles. The molecule has 16 heavy (non-hydrogen) atoms. The molecule has 0 heterocycles. The number of rotatable bonds is 4. The first-order valence-corrected chi connectivity index (χ1v) is 5.12. The summed E-state index contributed by atoms with van der Waals surface area (Å²) in [5, 5.41) is 9.34. The average Bonchev–Trinajstić information content (AvgIpc) is 2.15. The SMILES string of the molecule is Cc1cc(O)cc(OCCC(=O)N(C)C)c1. The number of amides is 1. The fraction of sp³-hybridized carbons (Fsp3) is 0.417. The third kappa shape index (κ3) is 3.81. The number of ether oxygens (including phenoxy) is 1. The molecule has 0 aliphatic heterocycles. The van der Waals surface area contributed by atoms with E-state index in [1.807, 2.05) is 13.0 Å². The molecule has 0 atom stereocenters. The zero-order chi connectivity index (χ0) is 12.1. The zero-order valence-corrected chi connectivity index (χ0v) is 9.86. The number of aromatic hydroxyl groups is 1. The normalized spacial score (nSPS) is 9.94. The van der Waals surface area contributed by atoms with Crippen LogP contribution in [0.15, 0.2) is 18.2 Å². The average molecular weight is 223 g/mol. The van der Waals surface area contributed by atoms with Gasteiger partial charge >= 0.3 is 0 Å². The Balaban J connectivity index is 2.46. The van der Waals surface area contributed by atoms with Crippen molar-refractivity contribution in [3.8, 4) is 11.5 Å². The van der Waals surface area contributed by atoms with Crippen molar-refractivity contribution in [1.29, 1.82) is 0 Å². The smallest absolute Gasteiger partial charge is 0.225 e. The van der Waals surface area contributed by atoms with E-state index in [-0.39, 0.29) is 11.7 Å². The van der Waals surface area contributed by atoms with Gasteiger partial charge in [-0.1, -0.05) is 0 Å². The van der Waals surface area contributed by atoms with Gasteiger partial charge in [0, 0.05) is 20.2 Å². The van der Waals surface area contributed by atoms with E-state index in [4.69, 9.17) is 4.74 Å². The highest BCUT2D eigenvalue weighted by Gasteiger charge is 2.04. The van der Waals surface area contributed by atoms with Crippen LogP contribution in [-0.2, 0) is 4.79 Å². The third-order valence-corrected chi connectivity index (χ3v) is 2.12. The lowest BCUT2D eigenvalue weighted by molar-refractivity contribution is -0.129. The monoisotopic (exact) mass is 223 g/mol. The van der Waals surface area contributed by atoms with Crippen molar-refractivity contribution in [1.82, 2.24) is 4.90 Å². The molecule has 88 valence electrons. The second kappa shape index (κ2) is 5.39. The molecule has 1 amide bonds. The number of hydrogen-bond acceptors (Lipinski definition) is 3. The molecule has 1 aromatic rings. The lowest BCUT2D eigenvalue weighted by atomic mass is 10.2. The summed E-state index contributed by atoms with van der Waals surface area (Å²) in [7, 11) is 3.42. The van der Waals surface area contributed by atoms with Gasteiger partial charge in [0.15, 0.2) is 0 Å². The Kier molecular flexibility index (Phi) is 4.17. The fourth-order valence-corrected chi connectivity index (χ4v) is 1.29. The van der Waals surface area contributed by atoms with E-state index in [9.17, 15) is 9.90 Å². The van der Waals surface area contributed by atoms with Gasteiger partial charge in [0.05, 0.1) is 13.0 Å². The number of benzene rings is 1. The summed E-state index contributed by atoms with van der Waals surface area (Å²) < 4.78 is 5.38. The van der Waals surface area contributed by atoms with Crippen molar-refractivity contribution in [2.24, 2.45) is 0 Å². The van der Waals surface area contributed by atoms with Crippen LogP contribution >= 0.6 is 0 Å². The van der Waals surface area contributed by atoms with Crippen LogP contribution in [0.2, 0.25) is 0 Å². The van der Waals surface area contributed by atoms with Crippen LogP contribution in [0.5, 0.6) is 11.5 Å². The van der Waals surface area contributed by atoms with Gasteiger partial charge in [-0.3, -0.25) is 4.79 Å². The predicted octanol–water partition coefficient (Wildman–Crippen LogP) is 1.56. The molecule has 0 aliphatic carbocycles. The number of hydrogen-bond donors (Lipinski definition) is 1. The lowest BCUT2D eigenvalue weighted by Gasteiger charge is -2.11. The van der Waals surface area contributed by atoms with Crippen LogP contribution in [-0.4, -0.2) is 36.6 Å². The Bertz CT molecular complexity index is 354. The summed E-state index contributed by atoms with van der Waals surface area (Å²) in [4.78, 5) is 12.8. The lowest BCUT2D eigenvalue weighted by Crippen LogP contribution is -2.23. The van der Waals surface area contributed by atoms with Gasteiger partial charge in [-0.15, -0.1) is 0 Å². The quantitative estimate of drug-likeness (QED) is 0.842. The van der Waals surface area contributed by atoms with E-state index < -0.39 is 0 Å². The summed E-state index contributed by atoms with van der Waals surface area (Å²) in [5.41, 5.74) is 0.925. The van der Waals surface area contributed by atoms with Crippen LogP contribution in [0.3, 0.4) is 0 Å². The van der Waals surface area contributed by atoms with Crippen molar-refractivity contribution in [3.05, 3.63) is 23.8 Å². The molecule has 0 bridgehead atoms. The molecule has 0 aliphatic rings. The fourth-order valence-electron chi connectivity index (χ4n) is 1.29. The summed E-state index contributed by atoms with van der Waals surface area (Å²) in [6.45, 7) is 2.19. The Morgan fingerprint density at radius 1 is 1.38 bits per heavy atom. The molecule has 1 aromatic carbocycles. The Hall–Kier alpha value is -1.71. The van der Waals surface area contributed by atoms with Gasteiger partial charge in [0.1, 0.15) is 11.5 Å². The number of carbonyl (C=O) groups excluding carboxylic acids is 1. The molecule has 1 N–H and O–H groups in total. The number of phenols is 1. The number of aryl methyl sites for hydroxylation is 1. The Labute approximate surface area is 95.5 Å². The number of nitrogens with zero attached hydrogens (tertiary/aromatic N) is 1. The van der Waals surface area contributed by atoms with Gasteiger partial charge in [0.2, 0.25) is 5.91 Å². The zero-order valence-electron chi connectivity index (χ0n) is 9.86. The summed E-state index contributed by atoms with van der Waals surface area (Å²) in [5.74, 6) is 0.787. The minimum Gasteiger partial charge on any atom is -0.508 e. The van der Waals surface area contributed by atoms with Gasteiger partial charge in [-0.2, -0.15) is 0 Å². The van der Waals surface area contributed by atoms with Crippen molar-refractivity contribution in [3.63, 3.8) is 0 Å². The molecule has 0 saturated heterocycles. The second-order valence-electron chi connectivity index (χ2n) is 3.89. The Morgan fingerprint density at radius 3 is 2.62 bits per heavy atom. The van der Waals surface area contributed by atoms with Crippen molar-refractivity contribution in [2.45, 2.75) is 13.3 Å². The van der Waals surface area contributed by atoms with E-state index in [1.165, 1.54) is 11.0 Å². The van der Waals surface area contributed by atoms with E-state index in [1.54, 1.807) is 20.2 Å². The summed E-state index contributed by atoms with van der Waals surface area (Å²) in [6, 6.07) is 5.00. The van der Waals surface area contributed by atoms with Gasteiger partial charge < -0.3 is 14.7 Å². The van der Waals surface area contributed by atoms with Crippen molar-refractivity contribution >= 4 is 5.91 Å². The first kappa shape index (κ1) is 12.4. The van der Waals surface area contributed by atoms with Crippen LogP contribution in [0.1, 0.15) is 12.0 Å². The van der Waals surface area contributed by atoms with Crippen LogP contribution < -0.4 is 4.74 Å². The van der Waals surface area contributed by atoms with Gasteiger partial charge in [-0.25, -0.2) is 0 Å². The molecule has 0 spiro atoms. The summed E-state index contributed by atoms with van der Waals surface area (Å²) in [6.07, 6.45) is 0.335. The maximum Gasteiger partial charge on any atom is 0.225 e. The first-order chi connectivity index (χ1) is 7.49. The third-order valence-electron chi connectivity index (χ3n) is 2.12. The molecule has 0 aromatic heterocycles. The highest BCUT2D eigenvalue weighted by Crippen LogP contribution is 2.21.